The SMILES string of the molecule is CC1(CSc2ccccc2C(=O)N2CCc3[nH]c4ccccc4c3C2)NC(=O)NC1=O. The lowest BCUT2D eigenvalue weighted by Gasteiger charge is -2.28. The third-order valence-electron chi connectivity index (χ3n) is 5.92. The van der Waals surface area contributed by atoms with Crippen molar-refractivity contribution in [2.45, 2.75) is 30.3 Å². The van der Waals surface area contributed by atoms with Gasteiger partial charge in [0.2, 0.25) is 0 Å². The highest BCUT2D eigenvalue weighted by molar-refractivity contribution is 7.99. The van der Waals surface area contributed by atoms with Gasteiger partial charge in [-0.15, -0.1) is 11.8 Å². The zero-order valence-corrected chi connectivity index (χ0v) is 17.8. The number of benzene rings is 2. The number of hydrogen-bond acceptors (Lipinski definition) is 4. The van der Waals surface area contributed by atoms with E-state index < -0.39 is 11.6 Å². The second-order valence-corrected chi connectivity index (χ2v) is 9.15. The van der Waals surface area contributed by atoms with E-state index >= 15 is 0 Å². The number of aromatic amines is 1. The molecule has 4 amide bonds. The van der Waals surface area contributed by atoms with Crippen molar-refractivity contribution in [1.29, 1.82) is 0 Å². The fourth-order valence-electron chi connectivity index (χ4n) is 4.18. The lowest BCUT2D eigenvalue weighted by molar-refractivity contribution is -0.122. The molecule has 2 aromatic carbocycles. The zero-order chi connectivity index (χ0) is 21.6. The second-order valence-electron chi connectivity index (χ2n) is 8.13. The van der Waals surface area contributed by atoms with E-state index in [1.807, 2.05) is 41.3 Å². The molecule has 0 saturated carbocycles. The van der Waals surface area contributed by atoms with Crippen LogP contribution in [0.4, 0.5) is 4.79 Å². The number of carbonyl (C=O) groups excluding carboxylic acids is 3. The molecule has 158 valence electrons. The second kappa shape index (κ2) is 7.46. The summed E-state index contributed by atoms with van der Waals surface area (Å²) < 4.78 is 0. The molecule has 8 heteroatoms. The first-order valence-electron chi connectivity index (χ1n) is 10.2. The van der Waals surface area contributed by atoms with Crippen molar-refractivity contribution in [3.63, 3.8) is 0 Å². The van der Waals surface area contributed by atoms with Gasteiger partial charge in [-0.3, -0.25) is 14.9 Å². The van der Waals surface area contributed by atoms with Crippen LogP contribution in [0.25, 0.3) is 10.9 Å². The summed E-state index contributed by atoms with van der Waals surface area (Å²) in [7, 11) is 0. The van der Waals surface area contributed by atoms with Crippen LogP contribution in [0.2, 0.25) is 0 Å². The molecule has 0 aliphatic carbocycles. The van der Waals surface area contributed by atoms with Crippen LogP contribution < -0.4 is 10.6 Å². The van der Waals surface area contributed by atoms with Crippen LogP contribution >= 0.6 is 11.8 Å². The number of aromatic nitrogens is 1. The number of carbonyl (C=O) groups is 3. The third kappa shape index (κ3) is 3.46. The third-order valence-corrected chi connectivity index (χ3v) is 7.31. The van der Waals surface area contributed by atoms with Gasteiger partial charge in [0.15, 0.2) is 0 Å². The Morgan fingerprint density at radius 2 is 1.90 bits per heavy atom. The number of para-hydroxylation sites is 1. The summed E-state index contributed by atoms with van der Waals surface area (Å²) in [6.07, 6.45) is 0.787. The number of amides is 4. The highest BCUT2D eigenvalue weighted by Gasteiger charge is 2.42. The summed E-state index contributed by atoms with van der Waals surface area (Å²) >= 11 is 1.40. The maximum Gasteiger partial charge on any atom is 0.322 e. The fourth-order valence-corrected chi connectivity index (χ4v) is 5.32. The number of thioether (sulfide) groups is 1. The Kier molecular flexibility index (Phi) is 4.74. The molecular formula is C23H22N4O3S. The van der Waals surface area contributed by atoms with Crippen molar-refractivity contribution in [2.75, 3.05) is 12.3 Å². The average molecular weight is 435 g/mol. The number of hydrogen-bond donors (Lipinski definition) is 3. The predicted molar refractivity (Wildman–Crippen MR) is 119 cm³/mol. The van der Waals surface area contributed by atoms with E-state index in [1.54, 1.807) is 6.92 Å². The van der Waals surface area contributed by atoms with Crippen molar-refractivity contribution in [2.24, 2.45) is 0 Å². The van der Waals surface area contributed by atoms with Gasteiger partial charge in [0.05, 0.1) is 5.56 Å². The summed E-state index contributed by atoms with van der Waals surface area (Å²) in [6.45, 7) is 2.90. The number of nitrogens with one attached hydrogen (secondary N) is 3. The van der Waals surface area contributed by atoms with Gasteiger partial charge < -0.3 is 15.2 Å². The topological polar surface area (TPSA) is 94.3 Å². The molecule has 5 rings (SSSR count). The van der Waals surface area contributed by atoms with E-state index in [-0.39, 0.29) is 11.8 Å². The van der Waals surface area contributed by atoms with Gasteiger partial charge >= 0.3 is 6.03 Å². The molecule has 31 heavy (non-hydrogen) atoms. The van der Waals surface area contributed by atoms with Crippen LogP contribution in [0.3, 0.4) is 0 Å². The minimum absolute atomic E-state index is 0.0240. The van der Waals surface area contributed by atoms with Gasteiger partial charge in [-0.05, 0) is 25.1 Å². The highest BCUT2D eigenvalue weighted by Crippen LogP contribution is 2.31. The molecule has 2 aliphatic rings. The van der Waals surface area contributed by atoms with Gasteiger partial charge in [-0.2, -0.15) is 0 Å². The maximum atomic E-state index is 13.4. The number of H-pyrrole nitrogens is 1. The first kappa shape index (κ1) is 19.7. The normalized spacial score (nSPS) is 20.5. The number of imide groups is 1. The van der Waals surface area contributed by atoms with Gasteiger partial charge in [-0.1, -0.05) is 30.3 Å². The molecule has 0 bridgehead atoms. The van der Waals surface area contributed by atoms with Crippen molar-refractivity contribution in [3.05, 3.63) is 65.4 Å². The Labute approximate surface area is 183 Å². The van der Waals surface area contributed by atoms with Crippen molar-refractivity contribution < 1.29 is 14.4 Å². The van der Waals surface area contributed by atoms with Crippen LogP contribution in [-0.4, -0.2) is 45.6 Å². The maximum absolute atomic E-state index is 13.4. The van der Waals surface area contributed by atoms with Crippen LogP contribution in [0.5, 0.6) is 0 Å². The first-order chi connectivity index (χ1) is 14.9. The Balaban J connectivity index is 1.37. The van der Waals surface area contributed by atoms with Crippen LogP contribution in [0.1, 0.15) is 28.5 Å². The molecule has 1 unspecified atom stereocenters. The van der Waals surface area contributed by atoms with Crippen LogP contribution in [-0.2, 0) is 17.8 Å². The van der Waals surface area contributed by atoms with Gasteiger partial charge in [0.25, 0.3) is 11.8 Å². The van der Waals surface area contributed by atoms with Crippen molar-refractivity contribution in [3.8, 4) is 0 Å². The minimum Gasteiger partial charge on any atom is -0.358 e. The van der Waals surface area contributed by atoms with Crippen molar-refractivity contribution >= 4 is 40.5 Å². The number of nitrogens with zero attached hydrogens (tertiary/aromatic N) is 1. The standard InChI is InChI=1S/C23H22N4O3S/c1-23(21(29)25-22(30)26-23)13-31-19-9-5-3-7-15(19)20(28)27-11-10-18-16(12-27)14-6-2-4-8-17(14)24-18/h2-9,24H,10-13H2,1H3,(H2,25,26,29,30). The number of urea groups is 1. The molecule has 3 aromatic rings. The Hall–Kier alpha value is -3.26. The summed E-state index contributed by atoms with van der Waals surface area (Å²) in [6, 6.07) is 15.1. The Bertz CT molecular complexity index is 1220. The van der Waals surface area contributed by atoms with Gasteiger partial charge in [-0.25, -0.2) is 4.79 Å². The number of rotatable bonds is 4. The molecular weight excluding hydrogens is 412 g/mol. The summed E-state index contributed by atoms with van der Waals surface area (Å²) in [5.74, 6) is -0.0395. The lowest BCUT2D eigenvalue weighted by Crippen LogP contribution is -2.46. The predicted octanol–water partition coefficient (Wildman–Crippen LogP) is 3.06. The summed E-state index contributed by atoms with van der Waals surface area (Å²) in [5.41, 5.74) is 3.09. The monoisotopic (exact) mass is 434 g/mol. The van der Waals surface area contributed by atoms with Crippen LogP contribution in [0, 0.1) is 0 Å². The first-order valence-corrected chi connectivity index (χ1v) is 11.2. The minimum atomic E-state index is -0.998. The largest absolute Gasteiger partial charge is 0.358 e. The fraction of sp³-hybridized carbons (Fsp3) is 0.261. The molecule has 1 fully saturated rings. The van der Waals surface area contributed by atoms with Crippen molar-refractivity contribution in [1.82, 2.24) is 20.5 Å². The summed E-state index contributed by atoms with van der Waals surface area (Å²) in [4.78, 5) is 43.2. The number of fused-ring (bicyclic) bond motifs is 3. The molecule has 1 aromatic heterocycles. The molecule has 7 nitrogen and oxygen atoms in total. The zero-order valence-electron chi connectivity index (χ0n) is 17.0. The Morgan fingerprint density at radius 3 is 2.71 bits per heavy atom. The van der Waals surface area contributed by atoms with Crippen LogP contribution in [0.15, 0.2) is 53.4 Å². The highest BCUT2D eigenvalue weighted by atomic mass is 32.2. The Morgan fingerprint density at radius 1 is 1.13 bits per heavy atom. The molecule has 3 heterocycles. The van der Waals surface area contributed by atoms with E-state index in [4.69, 9.17) is 0 Å². The van der Waals surface area contributed by atoms with E-state index in [1.165, 1.54) is 23.0 Å². The quantitative estimate of drug-likeness (QED) is 0.435. The molecule has 2 aliphatic heterocycles. The smallest absolute Gasteiger partial charge is 0.322 e. The average Bonchev–Trinajstić information content (AvgIpc) is 3.27. The molecule has 0 radical (unpaired) electrons. The molecule has 1 saturated heterocycles. The van der Waals surface area contributed by atoms with Gasteiger partial charge in [0, 0.05) is 52.3 Å². The van der Waals surface area contributed by atoms with E-state index in [0.29, 0.717) is 24.4 Å². The molecule has 0 spiro atoms. The van der Waals surface area contributed by atoms with E-state index in [9.17, 15) is 14.4 Å². The van der Waals surface area contributed by atoms with Gasteiger partial charge in [0.1, 0.15) is 5.54 Å². The lowest BCUT2D eigenvalue weighted by atomic mass is 10.0. The summed E-state index contributed by atoms with van der Waals surface area (Å²) in [5, 5.41) is 6.10. The van der Waals surface area contributed by atoms with E-state index in [2.05, 4.69) is 27.8 Å². The van der Waals surface area contributed by atoms with E-state index in [0.717, 1.165) is 22.2 Å². The molecule has 1 atom stereocenters. The molecule has 3 N–H and O–H groups in total.